The highest BCUT2D eigenvalue weighted by molar-refractivity contribution is 8.15. The number of amides is 1. The fourth-order valence-corrected chi connectivity index (χ4v) is 2.61. The van der Waals surface area contributed by atoms with Gasteiger partial charge in [-0.25, -0.2) is 4.79 Å². The molecule has 1 aromatic carbocycles. The molecule has 114 valence electrons. The molecule has 0 aliphatic carbocycles. The molecule has 22 heavy (non-hydrogen) atoms. The number of amidine groups is 1. The van der Waals surface area contributed by atoms with Crippen molar-refractivity contribution in [3.63, 3.8) is 0 Å². The minimum Gasteiger partial charge on any atom is -0.481 e. The smallest absolute Gasteiger partial charge is 0.336 e. The van der Waals surface area contributed by atoms with Gasteiger partial charge in [-0.1, -0.05) is 30.0 Å². The number of hydrogen-bond acceptors (Lipinski definition) is 6. The fourth-order valence-electron chi connectivity index (χ4n) is 1.69. The lowest BCUT2D eigenvalue weighted by molar-refractivity contribution is -0.138. The van der Waals surface area contributed by atoms with E-state index in [9.17, 15) is 14.4 Å². The largest absolute Gasteiger partial charge is 0.481 e. The van der Waals surface area contributed by atoms with Gasteiger partial charge in [0.1, 0.15) is 5.25 Å². The monoisotopic (exact) mass is 321 g/mol. The van der Waals surface area contributed by atoms with E-state index >= 15 is 0 Å². The Kier molecular flexibility index (Phi) is 4.89. The third-order valence-corrected chi connectivity index (χ3v) is 3.75. The lowest BCUT2D eigenvalue weighted by Crippen LogP contribution is -2.26. The van der Waals surface area contributed by atoms with Gasteiger partial charge < -0.3 is 15.5 Å². The highest BCUT2D eigenvalue weighted by atomic mass is 32.2. The van der Waals surface area contributed by atoms with Gasteiger partial charge in [0, 0.05) is 5.56 Å². The summed E-state index contributed by atoms with van der Waals surface area (Å²) in [5.41, 5.74) is 0.453. The molecule has 2 rings (SSSR count). The van der Waals surface area contributed by atoms with E-state index in [0.717, 1.165) is 11.8 Å². The van der Waals surface area contributed by atoms with Crippen LogP contribution in [0.1, 0.15) is 22.3 Å². The summed E-state index contributed by atoms with van der Waals surface area (Å²) in [5, 5.41) is 27.0. The van der Waals surface area contributed by atoms with Crippen LogP contribution in [-0.4, -0.2) is 44.7 Å². The molecule has 0 unspecified atom stereocenters. The van der Waals surface area contributed by atoms with Crippen LogP contribution >= 0.6 is 11.8 Å². The molecule has 1 atom stereocenters. The van der Waals surface area contributed by atoms with Crippen LogP contribution in [0.5, 0.6) is 0 Å². The van der Waals surface area contributed by atoms with E-state index < -0.39 is 23.1 Å². The maximum atomic E-state index is 11.5. The Labute approximate surface area is 128 Å². The van der Waals surface area contributed by atoms with Crippen molar-refractivity contribution in [1.29, 1.82) is 0 Å². The number of carboxylic acid groups (broad SMARTS) is 2. The summed E-state index contributed by atoms with van der Waals surface area (Å²) in [6.45, 7) is 0. The van der Waals surface area contributed by atoms with Crippen molar-refractivity contribution in [1.82, 2.24) is 5.32 Å². The molecule has 1 aliphatic heterocycles. The van der Waals surface area contributed by atoms with Crippen LogP contribution in [-0.2, 0) is 9.59 Å². The molecule has 3 N–H and O–H groups in total. The number of nitrogens with zero attached hydrogens (tertiary/aromatic N) is 2. The lowest BCUT2D eigenvalue weighted by atomic mass is 10.1. The lowest BCUT2D eigenvalue weighted by Gasteiger charge is -1.98. The molecule has 0 aromatic heterocycles. The molecule has 0 bridgehead atoms. The Morgan fingerprint density at radius 2 is 2.05 bits per heavy atom. The van der Waals surface area contributed by atoms with Crippen LogP contribution in [0.25, 0.3) is 0 Å². The summed E-state index contributed by atoms with van der Waals surface area (Å²) >= 11 is 0.971. The van der Waals surface area contributed by atoms with Gasteiger partial charge >= 0.3 is 11.9 Å². The summed E-state index contributed by atoms with van der Waals surface area (Å²) in [7, 11) is 0. The normalized spacial score (nSPS) is 19.5. The Morgan fingerprint density at radius 1 is 1.32 bits per heavy atom. The van der Waals surface area contributed by atoms with Gasteiger partial charge in [-0.2, -0.15) is 5.10 Å². The predicted molar refractivity (Wildman–Crippen MR) is 80.2 cm³/mol. The summed E-state index contributed by atoms with van der Waals surface area (Å²) in [4.78, 5) is 33.1. The van der Waals surface area contributed by atoms with Gasteiger partial charge in [0.05, 0.1) is 18.2 Å². The van der Waals surface area contributed by atoms with Crippen molar-refractivity contribution in [2.24, 2.45) is 10.2 Å². The number of aromatic carboxylic acids is 1. The average Bonchev–Trinajstić information content (AvgIpc) is 2.78. The summed E-state index contributed by atoms with van der Waals surface area (Å²) < 4.78 is 0. The second-order valence-electron chi connectivity index (χ2n) is 4.24. The zero-order valence-electron chi connectivity index (χ0n) is 11.1. The number of rotatable bonds is 5. The van der Waals surface area contributed by atoms with Gasteiger partial charge in [0.2, 0.25) is 5.91 Å². The van der Waals surface area contributed by atoms with Crippen molar-refractivity contribution in [3.8, 4) is 0 Å². The van der Waals surface area contributed by atoms with Crippen molar-refractivity contribution in [2.75, 3.05) is 0 Å². The van der Waals surface area contributed by atoms with Gasteiger partial charge in [-0.05, 0) is 6.07 Å². The maximum Gasteiger partial charge on any atom is 0.336 e. The van der Waals surface area contributed by atoms with Crippen LogP contribution in [0, 0.1) is 0 Å². The Bertz CT molecular complexity index is 686. The molecule has 1 heterocycles. The first-order valence-corrected chi connectivity index (χ1v) is 6.98. The van der Waals surface area contributed by atoms with Crippen LogP contribution < -0.4 is 5.32 Å². The molecule has 0 spiro atoms. The van der Waals surface area contributed by atoms with Crippen LogP contribution in [0.4, 0.5) is 0 Å². The van der Waals surface area contributed by atoms with E-state index in [1.54, 1.807) is 18.2 Å². The van der Waals surface area contributed by atoms with Crippen molar-refractivity contribution in [2.45, 2.75) is 11.7 Å². The quantitative estimate of drug-likeness (QED) is 0.543. The first kappa shape index (κ1) is 15.7. The molecule has 0 saturated carbocycles. The Balaban J connectivity index is 2.08. The molecule has 0 radical (unpaired) electrons. The fraction of sp³-hybridized carbons (Fsp3) is 0.154. The van der Waals surface area contributed by atoms with Crippen molar-refractivity contribution < 1.29 is 24.6 Å². The molecule has 1 aromatic rings. The van der Waals surface area contributed by atoms with Gasteiger partial charge in [0.25, 0.3) is 0 Å². The number of carbonyl (C=O) groups is 3. The zero-order chi connectivity index (χ0) is 16.1. The highest BCUT2D eigenvalue weighted by Crippen LogP contribution is 2.22. The Hall–Kier alpha value is -2.68. The first-order valence-electron chi connectivity index (χ1n) is 6.10. The van der Waals surface area contributed by atoms with Gasteiger partial charge in [-0.15, -0.1) is 5.10 Å². The predicted octanol–water partition coefficient (Wildman–Crippen LogP) is 0.781. The van der Waals surface area contributed by atoms with Crippen LogP contribution in [0.3, 0.4) is 0 Å². The van der Waals surface area contributed by atoms with E-state index in [1.807, 2.05) is 0 Å². The number of nitrogens with one attached hydrogen (secondary N) is 1. The Morgan fingerprint density at radius 3 is 2.73 bits per heavy atom. The molecule has 9 heteroatoms. The molecule has 1 aliphatic rings. The van der Waals surface area contributed by atoms with Gasteiger partial charge in [0.15, 0.2) is 5.17 Å². The average molecular weight is 321 g/mol. The number of benzene rings is 1. The van der Waals surface area contributed by atoms with Crippen LogP contribution in [0.2, 0.25) is 0 Å². The molecule has 1 amide bonds. The molecule has 8 nitrogen and oxygen atoms in total. The van der Waals surface area contributed by atoms with E-state index in [4.69, 9.17) is 10.2 Å². The standard InChI is InChI=1S/C13H11N3O5S/c17-10(18)5-9-11(19)15-13(22-9)16-14-6-7-3-1-2-4-8(7)12(20)21/h1-4,6,9H,5H2,(H,17,18)(H,20,21)(H,15,16,19)/b14-6-/t9-/m0/s1. The van der Waals surface area contributed by atoms with E-state index in [1.165, 1.54) is 12.3 Å². The number of carboxylic acids is 2. The van der Waals surface area contributed by atoms with E-state index in [-0.39, 0.29) is 17.2 Å². The minimum atomic E-state index is -1.08. The topological polar surface area (TPSA) is 128 Å². The minimum absolute atomic E-state index is 0.0818. The third kappa shape index (κ3) is 3.92. The zero-order valence-corrected chi connectivity index (χ0v) is 11.9. The first-order chi connectivity index (χ1) is 10.5. The maximum absolute atomic E-state index is 11.5. The highest BCUT2D eigenvalue weighted by Gasteiger charge is 2.32. The summed E-state index contributed by atoms with van der Waals surface area (Å²) in [6, 6.07) is 6.26. The SMILES string of the molecule is O=C(O)C[C@@H]1S/C(=N\N=C/c2ccccc2C(=O)O)NC1=O. The number of thioether (sulfide) groups is 1. The number of carbonyl (C=O) groups excluding carboxylic acids is 1. The van der Waals surface area contributed by atoms with E-state index in [2.05, 4.69) is 15.5 Å². The van der Waals surface area contributed by atoms with Crippen molar-refractivity contribution >= 4 is 41.0 Å². The molecule has 1 saturated heterocycles. The number of aliphatic carboxylic acids is 1. The van der Waals surface area contributed by atoms with E-state index in [0.29, 0.717) is 5.56 Å². The molecular formula is C13H11N3O5S. The van der Waals surface area contributed by atoms with Gasteiger partial charge in [-0.3, -0.25) is 9.59 Å². The second-order valence-corrected chi connectivity index (χ2v) is 5.43. The van der Waals surface area contributed by atoms with Crippen LogP contribution in [0.15, 0.2) is 34.5 Å². The number of hydrogen-bond donors (Lipinski definition) is 3. The summed E-state index contributed by atoms with van der Waals surface area (Å²) in [6.07, 6.45) is 0.953. The second kappa shape index (κ2) is 6.85. The summed E-state index contributed by atoms with van der Waals surface area (Å²) in [5.74, 6) is -2.60. The third-order valence-electron chi connectivity index (χ3n) is 2.67. The van der Waals surface area contributed by atoms with Crippen molar-refractivity contribution in [3.05, 3.63) is 35.4 Å². The molecule has 1 fully saturated rings. The molecular weight excluding hydrogens is 310 g/mol.